The monoisotopic (exact) mass is 294 g/mol. The fraction of sp³-hybridized carbons (Fsp3) is 0.533. The Morgan fingerprint density at radius 1 is 1.38 bits per heavy atom. The summed E-state index contributed by atoms with van der Waals surface area (Å²) in [7, 11) is 0. The number of aliphatic carboxylic acids is 1. The van der Waals surface area contributed by atoms with Crippen molar-refractivity contribution in [2.45, 2.75) is 40.0 Å². The molecule has 0 aromatic heterocycles. The predicted molar refractivity (Wildman–Crippen MR) is 81.6 cm³/mol. The molecule has 0 amide bonds. The van der Waals surface area contributed by atoms with E-state index < -0.39 is 5.97 Å². The summed E-state index contributed by atoms with van der Waals surface area (Å²) in [6.07, 6.45) is 1.46. The van der Waals surface area contributed by atoms with Crippen LogP contribution in [0.3, 0.4) is 0 Å². The van der Waals surface area contributed by atoms with Crippen molar-refractivity contribution >= 4 is 17.3 Å². The maximum atomic E-state index is 11.1. The van der Waals surface area contributed by atoms with Gasteiger partial charge in [0.05, 0.1) is 4.92 Å². The standard InChI is InChI=1S/C15H22N2O4/c1-11-5-4-6-12(14(11)17(20)21)16-10-9-15(2,3)8-7-13(18)19/h4-6,16H,7-10H2,1-3H3,(H,18,19). The molecule has 0 atom stereocenters. The van der Waals surface area contributed by atoms with Crippen LogP contribution in [0.1, 0.15) is 38.7 Å². The number of anilines is 1. The topological polar surface area (TPSA) is 92.5 Å². The van der Waals surface area contributed by atoms with Crippen LogP contribution >= 0.6 is 0 Å². The maximum absolute atomic E-state index is 11.1. The van der Waals surface area contributed by atoms with Crippen LogP contribution in [0.15, 0.2) is 18.2 Å². The molecule has 1 aromatic carbocycles. The summed E-state index contributed by atoms with van der Waals surface area (Å²) < 4.78 is 0. The van der Waals surface area contributed by atoms with Crippen molar-refractivity contribution in [2.75, 3.05) is 11.9 Å². The van der Waals surface area contributed by atoms with Gasteiger partial charge >= 0.3 is 5.97 Å². The Balaban J connectivity index is 2.62. The van der Waals surface area contributed by atoms with Crippen LogP contribution in [0.2, 0.25) is 0 Å². The minimum atomic E-state index is -0.801. The van der Waals surface area contributed by atoms with Crippen molar-refractivity contribution in [3.05, 3.63) is 33.9 Å². The number of nitro benzene ring substituents is 1. The van der Waals surface area contributed by atoms with E-state index in [4.69, 9.17) is 5.11 Å². The summed E-state index contributed by atoms with van der Waals surface area (Å²) in [5.41, 5.74) is 1.11. The fourth-order valence-electron chi connectivity index (χ4n) is 2.15. The largest absolute Gasteiger partial charge is 0.481 e. The maximum Gasteiger partial charge on any atom is 0.303 e. The van der Waals surface area contributed by atoms with Crippen molar-refractivity contribution in [2.24, 2.45) is 5.41 Å². The SMILES string of the molecule is Cc1cccc(NCCC(C)(C)CCC(=O)O)c1[N+](=O)[O-]. The van der Waals surface area contributed by atoms with E-state index in [0.717, 1.165) is 6.42 Å². The third-order valence-corrected chi connectivity index (χ3v) is 3.55. The highest BCUT2D eigenvalue weighted by Crippen LogP contribution is 2.30. The second kappa shape index (κ2) is 7.06. The lowest BCUT2D eigenvalue weighted by molar-refractivity contribution is -0.384. The number of rotatable bonds is 8. The number of nitro groups is 1. The van der Waals surface area contributed by atoms with Gasteiger partial charge in [0.2, 0.25) is 0 Å². The van der Waals surface area contributed by atoms with E-state index in [9.17, 15) is 14.9 Å². The van der Waals surface area contributed by atoms with Crippen LogP contribution < -0.4 is 5.32 Å². The Kier molecular flexibility index (Phi) is 5.69. The zero-order valence-corrected chi connectivity index (χ0v) is 12.7. The number of carboxylic acid groups (broad SMARTS) is 1. The number of carboxylic acids is 1. The number of para-hydroxylation sites is 1. The lowest BCUT2D eigenvalue weighted by Gasteiger charge is -2.24. The number of nitrogens with zero attached hydrogens (tertiary/aromatic N) is 1. The van der Waals surface area contributed by atoms with Gasteiger partial charge in [0.15, 0.2) is 0 Å². The van der Waals surface area contributed by atoms with Gasteiger partial charge in [-0.2, -0.15) is 0 Å². The molecule has 0 unspecified atom stereocenters. The van der Waals surface area contributed by atoms with Crippen LogP contribution in [0.5, 0.6) is 0 Å². The third-order valence-electron chi connectivity index (χ3n) is 3.55. The second-order valence-corrected chi connectivity index (χ2v) is 5.96. The summed E-state index contributed by atoms with van der Waals surface area (Å²) >= 11 is 0. The molecule has 116 valence electrons. The van der Waals surface area contributed by atoms with Gasteiger partial charge in [-0.1, -0.05) is 26.0 Å². The van der Waals surface area contributed by atoms with E-state index in [1.54, 1.807) is 25.1 Å². The van der Waals surface area contributed by atoms with Crippen molar-refractivity contribution in [1.82, 2.24) is 0 Å². The minimum absolute atomic E-state index is 0.0980. The molecule has 21 heavy (non-hydrogen) atoms. The number of hydrogen-bond acceptors (Lipinski definition) is 4. The van der Waals surface area contributed by atoms with Crippen molar-refractivity contribution in [3.63, 3.8) is 0 Å². The zero-order chi connectivity index (χ0) is 16.0. The van der Waals surface area contributed by atoms with Gasteiger partial charge in [0.1, 0.15) is 5.69 Å². The summed E-state index contributed by atoms with van der Waals surface area (Å²) in [6, 6.07) is 5.18. The smallest absolute Gasteiger partial charge is 0.303 e. The minimum Gasteiger partial charge on any atom is -0.481 e. The van der Waals surface area contributed by atoms with E-state index in [1.807, 2.05) is 13.8 Å². The molecule has 0 aliphatic carbocycles. The molecule has 0 saturated carbocycles. The zero-order valence-electron chi connectivity index (χ0n) is 12.7. The molecule has 6 nitrogen and oxygen atoms in total. The highest BCUT2D eigenvalue weighted by atomic mass is 16.6. The number of carbonyl (C=O) groups is 1. The van der Waals surface area contributed by atoms with Crippen LogP contribution in [0.4, 0.5) is 11.4 Å². The summed E-state index contributed by atoms with van der Waals surface area (Å²) in [5, 5.41) is 22.9. The molecule has 0 spiro atoms. The number of hydrogen-bond donors (Lipinski definition) is 2. The molecule has 0 bridgehead atoms. The van der Waals surface area contributed by atoms with Gasteiger partial charge < -0.3 is 10.4 Å². The van der Waals surface area contributed by atoms with E-state index in [1.165, 1.54) is 0 Å². The van der Waals surface area contributed by atoms with Crippen molar-refractivity contribution < 1.29 is 14.8 Å². The van der Waals surface area contributed by atoms with Crippen molar-refractivity contribution in [3.8, 4) is 0 Å². The quantitative estimate of drug-likeness (QED) is 0.564. The van der Waals surface area contributed by atoms with Crippen LogP contribution in [0, 0.1) is 22.5 Å². The number of aryl methyl sites for hydroxylation is 1. The van der Waals surface area contributed by atoms with Gasteiger partial charge in [-0.25, -0.2) is 0 Å². The lowest BCUT2D eigenvalue weighted by Crippen LogP contribution is -2.18. The van der Waals surface area contributed by atoms with Gasteiger partial charge in [-0.05, 0) is 31.2 Å². The molecule has 0 fully saturated rings. The normalized spacial score (nSPS) is 11.2. The highest BCUT2D eigenvalue weighted by Gasteiger charge is 2.20. The first-order chi connectivity index (χ1) is 9.73. The number of nitrogens with one attached hydrogen (secondary N) is 1. The summed E-state index contributed by atoms with van der Waals surface area (Å²) in [5.74, 6) is -0.801. The van der Waals surface area contributed by atoms with Crippen LogP contribution in [-0.2, 0) is 4.79 Å². The van der Waals surface area contributed by atoms with E-state index >= 15 is 0 Å². The van der Waals surface area contributed by atoms with E-state index in [-0.39, 0.29) is 22.4 Å². The molecule has 0 saturated heterocycles. The first kappa shape index (κ1) is 16.9. The van der Waals surface area contributed by atoms with Gasteiger partial charge in [-0.15, -0.1) is 0 Å². The van der Waals surface area contributed by atoms with Gasteiger partial charge in [-0.3, -0.25) is 14.9 Å². The molecule has 0 radical (unpaired) electrons. The lowest BCUT2D eigenvalue weighted by atomic mass is 9.84. The summed E-state index contributed by atoms with van der Waals surface area (Å²) in [6.45, 7) is 6.28. The Morgan fingerprint density at radius 3 is 2.62 bits per heavy atom. The highest BCUT2D eigenvalue weighted by molar-refractivity contribution is 5.66. The Hall–Kier alpha value is -2.11. The molecule has 6 heteroatoms. The third kappa shape index (κ3) is 5.41. The van der Waals surface area contributed by atoms with Gasteiger partial charge in [0, 0.05) is 18.5 Å². The number of benzene rings is 1. The molecule has 0 heterocycles. The molecule has 0 aliphatic heterocycles. The molecule has 1 aromatic rings. The Morgan fingerprint density at radius 2 is 2.05 bits per heavy atom. The van der Waals surface area contributed by atoms with Gasteiger partial charge in [0.25, 0.3) is 5.69 Å². The molecule has 0 aliphatic rings. The second-order valence-electron chi connectivity index (χ2n) is 5.96. The summed E-state index contributed by atoms with van der Waals surface area (Å²) in [4.78, 5) is 21.3. The van der Waals surface area contributed by atoms with E-state index in [0.29, 0.717) is 24.2 Å². The van der Waals surface area contributed by atoms with E-state index in [2.05, 4.69) is 5.32 Å². The fourth-order valence-corrected chi connectivity index (χ4v) is 2.15. The first-order valence-electron chi connectivity index (χ1n) is 6.92. The Bertz CT molecular complexity index is 526. The first-order valence-corrected chi connectivity index (χ1v) is 6.92. The Labute approximate surface area is 124 Å². The average molecular weight is 294 g/mol. The average Bonchev–Trinajstić information content (AvgIpc) is 2.36. The molecular formula is C15H22N2O4. The molecule has 1 rings (SSSR count). The van der Waals surface area contributed by atoms with Crippen molar-refractivity contribution in [1.29, 1.82) is 0 Å². The van der Waals surface area contributed by atoms with Crippen LogP contribution in [-0.4, -0.2) is 22.5 Å². The molecular weight excluding hydrogens is 272 g/mol. The molecule has 2 N–H and O–H groups in total. The van der Waals surface area contributed by atoms with Crippen LogP contribution in [0.25, 0.3) is 0 Å². The predicted octanol–water partition coefficient (Wildman–Crippen LogP) is 3.60.